The average Bonchev–Trinajstić information content (AvgIpc) is 2.45. The number of carbonyl (C=O) groups is 1. The number of hydrogen-bond donors (Lipinski definition) is 2. The Bertz CT molecular complexity index is 647. The Morgan fingerprint density at radius 3 is 2.50 bits per heavy atom. The molecule has 0 aliphatic carbocycles. The molecule has 6 heteroatoms. The smallest absolute Gasteiger partial charge is 0.407 e. The molecule has 5 nitrogen and oxygen atoms in total. The van der Waals surface area contributed by atoms with Crippen molar-refractivity contribution in [3.8, 4) is 5.75 Å². The fourth-order valence-electron chi connectivity index (χ4n) is 4.38. The molecule has 24 heavy (non-hydrogen) atoms. The van der Waals surface area contributed by atoms with Gasteiger partial charge in [-0.25, -0.2) is 4.79 Å². The van der Waals surface area contributed by atoms with Crippen LogP contribution in [0, 0.1) is 11.3 Å². The fraction of sp³-hybridized carbons (Fsp3) is 0.611. The topological polar surface area (TPSA) is 70.0 Å². The van der Waals surface area contributed by atoms with Gasteiger partial charge < -0.3 is 19.8 Å². The number of piperidine rings is 1. The summed E-state index contributed by atoms with van der Waals surface area (Å²) in [5.74, 6) is 0.438. The number of nitrogens with zero attached hydrogens (tertiary/aromatic N) is 1. The van der Waals surface area contributed by atoms with Crippen LogP contribution in [0.25, 0.3) is 0 Å². The molecule has 3 rings (SSSR count). The molecular weight excluding hydrogens is 330 g/mol. The molecule has 2 aliphatic rings. The van der Waals surface area contributed by atoms with E-state index in [1.165, 1.54) is 4.90 Å². The third-order valence-corrected chi connectivity index (χ3v) is 5.65. The maximum atomic E-state index is 11.2. The lowest BCUT2D eigenvalue weighted by atomic mass is 9.62. The molecule has 0 saturated carbocycles. The number of halogens is 1. The first kappa shape index (κ1) is 17.4. The van der Waals surface area contributed by atoms with Gasteiger partial charge in [0.05, 0.1) is 11.1 Å². The molecule has 1 spiro atoms. The van der Waals surface area contributed by atoms with E-state index in [4.69, 9.17) is 16.3 Å². The summed E-state index contributed by atoms with van der Waals surface area (Å²) in [7, 11) is 0. The highest BCUT2D eigenvalue weighted by Crippen LogP contribution is 2.55. The minimum absolute atomic E-state index is 0.173. The zero-order valence-electron chi connectivity index (χ0n) is 14.3. The lowest BCUT2D eigenvalue weighted by Gasteiger charge is -2.54. The molecule has 2 atom stereocenters. The monoisotopic (exact) mass is 353 g/mol. The van der Waals surface area contributed by atoms with E-state index >= 15 is 0 Å². The number of aliphatic hydroxyl groups excluding tert-OH is 1. The van der Waals surface area contributed by atoms with Crippen molar-refractivity contribution in [1.82, 2.24) is 4.90 Å². The molecule has 132 valence electrons. The molecule has 1 fully saturated rings. The SMILES string of the molecule is CC(C)(C)C1C(O)c2c(Cl)cccc2OC12CCN(C(=O)O)CC2. The van der Waals surface area contributed by atoms with Crippen LogP contribution in [0.15, 0.2) is 18.2 Å². The molecule has 0 radical (unpaired) electrons. The number of aliphatic hydroxyl groups is 1. The third kappa shape index (κ3) is 2.74. The Kier molecular flexibility index (Phi) is 4.21. The van der Waals surface area contributed by atoms with Crippen LogP contribution in [-0.4, -0.2) is 39.9 Å². The van der Waals surface area contributed by atoms with Gasteiger partial charge in [-0.1, -0.05) is 38.4 Å². The molecule has 2 aliphatic heterocycles. The summed E-state index contributed by atoms with van der Waals surface area (Å²) in [6, 6.07) is 5.40. The Hall–Kier alpha value is -1.46. The van der Waals surface area contributed by atoms with Crippen LogP contribution in [-0.2, 0) is 0 Å². The van der Waals surface area contributed by atoms with Crippen LogP contribution in [0.5, 0.6) is 5.75 Å². The van der Waals surface area contributed by atoms with Crippen LogP contribution in [0.2, 0.25) is 5.02 Å². The molecule has 2 N–H and O–H groups in total. The maximum absolute atomic E-state index is 11.2. The number of likely N-dealkylation sites (tertiary alicyclic amines) is 1. The van der Waals surface area contributed by atoms with Crippen LogP contribution < -0.4 is 4.74 Å². The number of rotatable bonds is 0. The minimum atomic E-state index is -0.906. The zero-order valence-corrected chi connectivity index (χ0v) is 15.0. The van der Waals surface area contributed by atoms with E-state index in [2.05, 4.69) is 20.8 Å². The highest BCUT2D eigenvalue weighted by molar-refractivity contribution is 6.31. The standard InChI is InChI=1S/C18H24ClNO4/c1-17(2,3)15-14(21)13-11(19)5-4-6-12(13)24-18(15)7-9-20(10-8-18)16(22)23/h4-6,14-15,21H,7-10H2,1-3H3,(H,22,23). The number of fused-ring (bicyclic) bond motifs is 1. The zero-order chi connectivity index (χ0) is 17.7. The summed E-state index contributed by atoms with van der Waals surface area (Å²) in [5, 5.41) is 20.9. The Labute approximate surface area is 147 Å². The van der Waals surface area contributed by atoms with Gasteiger partial charge in [-0.2, -0.15) is 0 Å². The number of hydrogen-bond acceptors (Lipinski definition) is 3. The number of benzene rings is 1. The first-order chi connectivity index (χ1) is 11.2. The molecule has 2 unspecified atom stereocenters. The van der Waals surface area contributed by atoms with Crippen LogP contribution in [0.1, 0.15) is 45.3 Å². The summed E-state index contributed by atoms with van der Waals surface area (Å²) < 4.78 is 6.41. The molecule has 1 aromatic carbocycles. The summed E-state index contributed by atoms with van der Waals surface area (Å²) in [4.78, 5) is 12.6. The van der Waals surface area contributed by atoms with Gasteiger partial charge in [0.1, 0.15) is 11.4 Å². The van der Waals surface area contributed by atoms with Crippen molar-refractivity contribution in [2.75, 3.05) is 13.1 Å². The van der Waals surface area contributed by atoms with E-state index in [0.29, 0.717) is 42.3 Å². The van der Waals surface area contributed by atoms with Gasteiger partial charge in [0.25, 0.3) is 0 Å². The summed E-state index contributed by atoms with van der Waals surface area (Å²) in [6.07, 6.45) is -0.523. The van der Waals surface area contributed by atoms with E-state index in [-0.39, 0.29) is 11.3 Å². The highest BCUT2D eigenvalue weighted by atomic mass is 35.5. The first-order valence-electron chi connectivity index (χ1n) is 8.29. The largest absolute Gasteiger partial charge is 0.486 e. The van der Waals surface area contributed by atoms with Crippen molar-refractivity contribution in [2.24, 2.45) is 11.3 Å². The molecule has 0 bridgehead atoms. The van der Waals surface area contributed by atoms with E-state index in [0.717, 1.165) is 0 Å². The second kappa shape index (κ2) is 5.81. The average molecular weight is 354 g/mol. The van der Waals surface area contributed by atoms with Crippen LogP contribution in [0.3, 0.4) is 0 Å². The predicted molar refractivity (Wildman–Crippen MR) is 91.5 cm³/mol. The van der Waals surface area contributed by atoms with Gasteiger partial charge in [-0.15, -0.1) is 0 Å². The van der Waals surface area contributed by atoms with Crippen LogP contribution >= 0.6 is 11.6 Å². The summed E-state index contributed by atoms with van der Waals surface area (Å²) in [5.41, 5.74) is -0.159. The molecule has 1 amide bonds. The summed E-state index contributed by atoms with van der Waals surface area (Å²) >= 11 is 6.32. The third-order valence-electron chi connectivity index (χ3n) is 5.32. The molecule has 0 aromatic heterocycles. The van der Waals surface area contributed by atoms with Crippen molar-refractivity contribution in [3.63, 3.8) is 0 Å². The van der Waals surface area contributed by atoms with E-state index in [1.807, 2.05) is 12.1 Å². The van der Waals surface area contributed by atoms with E-state index < -0.39 is 17.8 Å². The molecule has 1 saturated heterocycles. The first-order valence-corrected chi connectivity index (χ1v) is 8.67. The van der Waals surface area contributed by atoms with Gasteiger partial charge in [-0.3, -0.25) is 0 Å². The lowest BCUT2D eigenvalue weighted by Crippen LogP contribution is -2.59. The number of ether oxygens (including phenoxy) is 1. The quantitative estimate of drug-likeness (QED) is 0.741. The number of amides is 1. The maximum Gasteiger partial charge on any atom is 0.407 e. The Morgan fingerprint density at radius 2 is 1.96 bits per heavy atom. The van der Waals surface area contributed by atoms with E-state index in [1.54, 1.807) is 6.07 Å². The van der Waals surface area contributed by atoms with Crippen LogP contribution in [0.4, 0.5) is 4.79 Å². The predicted octanol–water partition coefficient (Wildman–Crippen LogP) is 3.94. The fourth-order valence-corrected chi connectivity index (χ4v) is 4.66. The second-order valence-electron chi connectivity index (χ2n) is 7.88. The van der Waals surface area contributed by atoms with Gasteiger partial charge in [0, 0.05) is 37.4 Å². The minimum Gasteiger partial charge on any atom is -0.486 e. The lowest BCUT2D eigenvalue weighted by molar-refractivity contribution is -0.141. The van der Waals surface area contributed by atoms with Gasteiger partial charge >= 0.3 is 6.09 Å². The Morgan fingerprint density at radius 1 is 1.33 bits per heavy atom. The van der Waals surface area contributed by atoms with Gasteiger partial charge in [0.2, 0.25) is 0 Å². The molecule has 2 heterocycles. The number of carboxylic acid groups (broad SMARTS) is 1. The van der Waals surface area contributed by atoms with E-state index in [9.17, 15) is 15.0 Å². The van der Waals surface area contributed by atoms with Crippen molar-refractivity contribution >= 4 is 17.7 Å². The summed E-state index contributed by atoms with van der Waals surface area (Å²) in [6.45, 7) is 7.06. The van der Waals surface area contributed by atoms with Crippen molar-refractivity contribution in [3.05, 3.63) is 28.8 Å². The molecular formula is C18H24ClNO4. The van der Waals surface area contributed by atoms with Gasteiger partial charge in [-0.05, 0) is 17.5 Å². The molecule has 1 aromatic rings. The normalized spacial score (nSPS) is 26.0. The van der Waals surface area contributed by atoms with Crippen molar-refractivity contribution in [1.29, 1.82) is 0 Å². The highest BCUT2D eigenvalue weighted by Gasteiger charge is 2.55. The Balaban J connectivity index is 2.03. The second-order valence-corrected chi connectivity index (χ2v) is 8.28. The van der Waals surface area contributed by atoms with Crippen molar-refractivity contribution in [2.45, 2.75) is 45.3 Å². The van der Waals surface area contributed by atoms with Crippen molar-refractivity contribution < 1.29 is 19.7 Å². The van der Waals surface area contributed by atoms with Gasteiger partial charge in [0.15, 0.2) is 0 Å².